The molecule has 1 aromatic heterocycles. The Hall–Kier alpha value is -2.20. The molecule has 108 valence electrons. The van der Waals surface area contributed by atoms with Gasteiger partial charge >= 0.3 is 0 Å². The second kappa shape index (κ2) is 5.66. The molecule has 0 unspecified atom stereocenters. The maximum atomic E-state index is 6.24. The molecule has 0 bridgehead atoms. The van der Waals surface area contributed by atoms with E-state index in [0.29, 0.717) is 24.1 Å². The first-order valence-electron chi connectivity index (χ1n) is 6.75. The highest BCUT2D eigenvalue weighted by molar-refractivity contribution is 6.35. The van der Waals surface area contributed by atoms with Crippen LogP contribution in [0.25, 0.3) is 11.0 Å². The fourth-order valence-electron chi connectivity index (χ4n) is 2.35. The van der Waals surface area contributed by atoms with E-state index in [1.165, 1.54) is 5.56 Å². The maximum Gasteiger partial charge on any atom is 0.201 e. The van der Waals surface area contributed by atoms with Gasteiger partial charge in [0.15, 0.2) is 0 Å². The molecular weight excluding hydrogens is 286 g/mol. The third kappa shape index (κ3) is 2.81. The van der Waals surface area contributed by atoms with Crippen LogP contribution < -0.4 is 10.5 Å². The van der Waals surface area contributed by atoms with Crippen molar-refractivity contribution in [1.29, 1.82) is 0 Å². The van der Waals surface area contributed by atoms with Gasteiger partial charge in [-0.05, 0) is 36.8 Å². The highest BCUT2D eigenvalue weighted by Gasteiger charge is 2.10. The Bertz CT molecular complexity index is 782. The lowest BCUT2D eigenvalue weighted by Gasteiger charge is -2.10. The van der Waals surface area contributed by atoms with E-state index in [4.69, 9.17) is 22.1 Å². The number of halogens is 1. The van der Waals surface area contributed by atoms with Crippen LogP contribution in [0.4, 0.5) is 5.95 Å². The summed E-state index contributed by atoms with van der Waals surface area (Å²) in [6.07, 6.45) is 0. The molecule has 2 N–H and O–H groups in total. The van der Waals surface area contributed by atoms with Gasteiger partial charge in [-0.1, -0.05) is 29.8 Å². The van der Waals surface area contributed by atoms with Crippen molar-refractivity contribution in [3.05, 3.63) is 53.1 Å². The maximum absolute atomic E-state index is 6.24. The minimum atomic E-state index is 0.450. The molecule has 0 aliphatic carbocycles. The van der Waals surface area contributed by atoms with Crippen molar-refractivity contribution < 1.29 is 4.74 Å². The highest BCUT2D eigenvalue weighted by atomic mass is 35.5. The molecule has 4 nitrogen and oxygen atoms in total. The summed E-state index contributed by atoms with van der Waals surface area (Å²) in [5, 5.41) is 0.646. The van der Waals surface area contributed by atoms with Crippen LogP contribution in [0.3, 0.4) is 0 Å². The number of hydrogen-bond acceptors (Lipinski definition) is 3. The molecule has 21 heavy (non-hydrogen) atoms. The highest BCUT2D eigenvalue weighted by Crippen LogP contribution is 2.25. The lowest BCUT2D eigenvalue weighted by Crippen LogP contribution is -2.11. The number of anilines is 1. The van der Waals surface area contributed by atoms with Crippen molar-refractivity contribution in [2.75, 3.05) is 12.3 Å². The Balaban J connectivity index is 1.78. The molecule has 0 atom stereocenters. The van der Waals surface area contributed by atoms with Gasteiger partial charge in [-0.2, -0.15) is 0 Å². The summed E-state index contributed by atoms with van der Waals surface area (Å²) in [7, 11) is 0. The number of benzene rings is 2. The van der Waals surface area contributed by atoms with E-state index in [1.807, 2.05) is 54.0 Å². The number of rotatable bonds is 4. The van der Waals surface area contributed by atoms with Gasteiger partial charge < -0.3 is 15.0 Å². The summed E-state index contributed by atoms with van der Waals surface area (Å²) < 4.78 is 7.64. The molecule has 2 aromatic carbocycles. The lowest BCUT2D eigenvalue weighted by molar-refractivity contribution is 0.301. The van der Waals surface area contributed by atoms with E-state index >= 15 is 0 Å². The number of nitrogen functional groups attached to an aromatic ring is 1. The van der Waals surface area contributed by atoms with Crippen molar-refractivity contribution >= 4 is 28.6 Å². The van der Waals surface area contributed by atoms with Gasteiger partial charge in [0.05, 0.1) is 22.6 Å². The van der Waals surface area contributed by atoms with Gasteiger partial charge in [0.25, 0.3) is 0 Å². The summed E-state index contributed by atoms with van der Waals surface area (Å²) in [5.74, 6) is 1.30. The first-order valence-corrected chi connectivity index (χ1v) is 7.12. The monoisotopic (exact) mass is 301 g/mol. The SMILES string of the molecule is Cc1cccc(OCCn2c(N)nc3cccc(Cl)c32)c1. The van der Waals surface area contributed by atoms with Crippen LogP contribution in [0.15, 0.2) is 42.5 Å². The summed E-state index contributed by atoms with van der Waals surface area (Å²) in [4.78, 5) is 4.31. The zero-order valence-corrected chi connectivity index (χ0v) is 12.5. The number of nitrogens with two attached hydrogens (primary N) is 1. The first kappa shape index (κ1) is 13.8. The molecule has 5 heteroatoms. The van der Waals surface area contributed by atoms with Gasteiger partial charge in [-0.3, -0.25) is 0 Å². The first-order chi connectivity index (χ1) is 10.1. The Morgan fingerprint density at radius 2 is 2.05 bits per heavy atom. The van der Waals surface area contributed by atoms with Gasteiger partial charge in [0, 0.05) is 0 Å². The lowest BCUT2D eigenvalue weighted by atomic mass is 10.2. The Labute approximate surface area is 128 Å². The van der Waals surface area contributed by atoms with E-state index in [9.17, 15) is 0 Å². The normalized spacial score (nSPS) is 11.0. The molecule has 0 aliphatic rings. The molecule has 0 aliphatic heterocycles. The van der Waals surface area contributed by atoms with Crippen LogP contribution in [-0.2, 0) is 6.54 Å². The molecule has 0 saturated carbocycles. The fourth-order valence-corrected chi connectivity index (χ4v) is 2.62. The Morgan fingerprint density at radius 3 is 2.86 bits per heavy atom. The van der Waals surface area contributed by atoms with Crippen LogP contribution in [0.5, 0.6) is 5.75 Å². The largest absolute Gasteiger partial charge is 0.492 e. The number of fused-ring (bicyclic) bond motifs is 1. The van der Waals surface area contributed by atoms with Crippen LogP contribution >= 0.6 is 11.6 Å². The molecule has 0 spiro atoms. The predicted octanol–water partition coefficient (Wildman–Crippen LogP) is 3.66. The second-order valence-corrected chi connectivity index (χ2v) is 5.30. The average molecular weight is 302 g/mol. The van der Waals surface area contributed by atoms with Crippen LogP contribution in [0.1, 0.15) is 5.56 Å². The smallest absolute Gasteiger partial charge is 0.201 e. The fraction of sp³-hybridized carbons (Fsp3) is 0.188. The minimum Gasteiger partial charge on any atom is -0.492 e. The van der Waals surface area contributed by atoms with E-state index in [1.54, 1.807) is 0 Å². The van der Waals surface area contributed by atoms with Gasteiger partial charge in [-0.15, -0.1) is 0 Å². The van der Waals surface area contributed by atoms with Crippen molar-refractivity contribution in [2.45, 2.75) is 13.5 Å². The number of imidazole rings is 1. The van der Waals surface area contributed by atoms with E-state index in [-0.39, 0.29) is 0 Å². The molecule has 1 heterocycles. The average Bonchev–Trinajstić information content (AvgIpc) is 2.76. The van der Waals surface area contributed by atoms with Crippen LogP contribution in [0.2, 0.25) is 5.02 Å². The van der Waals surface area contributed by atoms with Gasteiger partial charge in [0.1, 0.15) is 12.4 Å². The molecule has 3 rings (SSSR count). The third-order valence-electron chi connectivity index (χ3n) is 3.32. The zero-order chi connectivity index (χ0) is 14.8. The summed E-state index contributed by atoms with van der Waals surface area (Å²) >= 11 is 6.24. The van der Waals surface area contributed by atoms with Crippen molar-refractivity contribution in [3.63, 3.8) is 0 Å². The van der Waals surface area contributed by atoms with E-state index < -0.39 is 0 Å². The third-order valence-corrected chi connectivity index (χ3v) is 3.63. The number of ether oxygens (including phenoxy) is 1. The molecule has 3 aromatic rings. The Kier molecular flexibility index (Phi) is 3.71. The number of aromatic nitrogens is 2. The summed E-state index contributed by atoms with van der Waals surface area (Å²) in [6.45, 7) is 3.14. The predicted molar refractivity (Wildman–Crippen MR) is 85.8 cm³/mol. The van der Waals surface area contributed by atoms with Crippen molar-refractivity contribution in [1.82, 2.24) is 9.55 Å². The number of aryl methyl sites for hydroxylation is 1. The van der Waals surface area contributed by atoms with E-state index in [0.717, 1.165) is 16.8 Å². The van der Waals surface area contributed by atoms with Crippen LogP contribution in [-0.4, -0.2) is 16.2 Å². The van der Waals surface area contributed by atoms with E-state index in [2.05, 4.69) is 4.98 Å². The van der Waals surface area contributed by atoms with Crippen LogP contribution in [0, 0.1) is 6.92 Å². The standard InChI is InChI=1S/C16H16ClN3O/c1-11-4-2-5-12(10-11)21-9-8-20-15-13(17)6-3-7-14(15)19-16(20)18/h2-7,10H,8-9H2,1H3,(H2,18,19). The molecular formula is C16H16ClN3O. The van der Waals surface area contributed by atoms with Crippen molar-refractivity contribution in [2.24, 2.45) is 0 Å². The Morgan fingerprint density at radius 1 is 1.24 bits per heavy atom. The minimum absolute atomic E-state index is 0.450. The summed E-state index contributed by atoms with van der Waals surface area (Å²) in [5.41, 5.74) is 8.79. The number of nitrogens with zero attached hydrogens (tertiary/aromatic N) is 2. The molecule has 0 radical (unpaired) electrons. The molecule has 0 fully saturated rings. The quantitative estimate of drug-likeness (QED) is 0.800. The number of hydrogen-bond donors (Lipinski definition) is 1. The zero-order valence-electron chi connectivity index (χ0n) is 11.7. The molecule has 0 amide bonds. The second-order valence-electron chi connectivity index (χ2n) is 4.89. The topological polar surface area (TPSA) is 53.1 Å². The summed E-state index contributed by atoms with van der Waals surface area (Å²) in [6, 6.07) is 13.6. The van der Waals surface area contributed by atoms with Gasteiger partial charge in [-0.25, -0.2) is 4.98 Å². The number of para-hydroxylation sites is 1. The van der Waals surface area contributed by atoms with Gasteiger partial charge in [0.2, 0.25) is 5.95 Å². The molecule has 0 saturated heterocycles. The van der Waals surface area contributed by atoms with Crippen molar-refractivity contribution in [3.8, 4) is 5.75 Å².